The van der Waals surface area contributed by atoms with Crippen molar-refractivity contribution in [2.75, 3.05) is 26.4 Å². The molecule has 9 heteroatoms. The number of epoxide rings is 2. The van der Waals surface area contributed by atoms with Gasteiger partial charge in [-0.1, -0.05) is 12.5 Å². The quantitative estimate of drug-likeness (QED) is 0.344. The Morgan fingerprint density at radius 2 is 1.70 bits per heavy atom. The molecule has 2 saturated heterocycles. The van der Waals surface area contributed by atoms with E-state index in [-0.39, 0.29) is 12.8 Å². The van der Waals surface area contributed by atoms with Gasteiger partial charge in [-0.05, 0) is 19.8 Å². The largest absolute Gasteiger partial charge is 0.396 e. The smallest absolute Gasteiger partial charge is 0.394 e. The maximum Gasteiger partial charge on any atom is 0.394 e. The molecule has 0 aliphatic carbocycles. The molecule has 2 rings (SSSR count). The zero-order valence-corrected chi connectivity index (χ0v) is 12.9. The molecule has 0 radical (unpaired) electrons. The highest BCUT2D eigenvalue weighted by molar-refractivity contribution is 7.79. The van der Waals surface area contributed by atoms with Crippen LogP contribution in [-0.2, 0) is 19.9 Å². The van der Waals surface area contributed by atoms with Crippen molar-refractivity contribution in [3.05, 3.63) is 12.2 Å². The Kier molecular flexibility index (Phi) is 18.2. The molecule has 2 heterocycles. The second-order valence-corrected chi connectivity index (χ2v) is 4.75. The Labute approximate surface area is 120 Å². The van der Waals surface area contributed by atoms with Crippen molar-refractivity contribution < 1.29 is 32.1 Å². The number of hydrogen-bond donors (Lipinski definition) is 4. The van der Waals surface area contributed by atoms with Gasteiger partial charge in [-0.15, -0.1) is 6.58 Å². The fourth-order valence-corrected chi connectivity index (χ4v) is 0.495. The summed E-state index contributed by atoms with van der Waals surface area (Å²) in [4.78, 5) is 0. The summed E-state index contributed by atoms with van der Waals surface area (Å²) >= 11 is 0. The first-order chi connectivity index (χ1) is 8.70. The molecule has 0 saturated carbocycles. The highest BCUT2D eigenvalue weighted by Crippen LogP contribution is 2.10. The molecular weight excluding hydrogens is 290 g/mol. The molecule has 1 unspecified atom stereocenters. The Hall–Kier alpha value is -0.550. The van der Waals surface area contributed by atoms with Gasteiger partial charge in [0, 0.05) is 6.61 Å². The van der Waals surface area contributed by atoms with Crippen LogP contribution in [-0.4, -0.2) is 55.2 Å². The molecular formula is C11H27NO7S. The van der Waals surface area contributed by atoms with Crippen molar-refractivity contribution in [3.8, 4) is 0 Å². The predicted octanol–water partition coefficient (Wildman–Crippen LogP) is 1.27. The normalized spacial score (nSPS) is 17.6. The number of aliphatic hydroxyl groups is 1. The van der Waals surface area contributed by atoms with E-state index in [9.17, 15) is 0 Å². The summed E-state index contributed by atoms with van der Waals surface area (Å²) in [5, 5.41) is 8.18. The summed E-state index contributed by atoms with van der Waals surface area (Å²) in [7, 11) is -4.67. The van der Waals surface area contributed by atoms with Gasteiger partial charge in [-0.3, -0.25) is 9.11 Å². The molecule has 0 spiro atoms. The third-order valence-electron chi connectivity index (χ3n) is 1.60. The van der Waals surface area contributed by atoms with E-state index >= 15 is 0 Å². The zero-order chi connectivity index (χ0) is 15.3. The molecule has 0 bridgehead atoms. The molecule has 8 nitrogen and oxygen atoms in total. The van der Waals surface area contributed by atoms with Crippen molar-refractivity contribution >= 4 is 10.4 Å². The van der Waals surface area contributed by atoms with E-state index in [1.54, 1.807) is 0 Å². The third kappa shape index (κ3) is 66.1. The molecule has 2 fully saturated rings. The Morgan fingerprint density at radius 3 is 1.70 bits per heavy atom. The van der Waals surface area contributed by atoms with Crippen LogP contribution in [0.2, 0.25) is 0 Å². The van der Waals surface area contributed by atoms with Gasteiger partial charge in [-0.2, -0.15) is 8.42 Å². The summed E-state index contributed by atoms with van der Waals surface area (Å²) in [6.45, 7) is 10.9. The second-order valence-electron chi connectivity index (χ2n) is 3.85. The van der Waals surface area contributed by atoms with Crippen molar-refractivity contribution in [1.29, 1.82) is 0 Å². The van der Waals surface area contributed by atoms with Crippen molar-refractivity contribution in [3.63, 3.8) is 0 Å². The average molecular weight is 317 g/mol. The minimum absolute atomic E-state index is 0. The Morgan fingerprint density at radius 1 is 1.35 bits per heavy atom. The van der Waals surface area contributed by atoms with E-state index < -0.39 is 10.4 Å². The minimum Gasteiger partial charge on any atom is -0.396 e. The maximum atomic E-state index is 8.74. The van der Waals surface area contributed by atoms with Gasteiger partial charge in [0.15, 0.2) is 0 Å². The van der Waals surface area contributed by atoms with E-state index in [1.807, 2.05) is 6.92 Å². The van der Waals surface area contributed by atoms with Crippen molar-refractivity contribution in [2.45, 2.75) is 32.8 Å². The molecule has 2 aliphatic heterocycles. The van der Waals surface area contributed by atoms with Gasteiger partial charge in [0.2, 0.25) is 0 Å². The van der Waals surface area contributed by atoms with Gasteiger partial charge >= 0.3 is 10.4 Å². The van der Waals surface area contributed by atoms with Gasteiger partial charge in [0.1, 0.15) is 0 Å². The Balaban J connectivity index is -0.000000193. The van der Waals surface area contributed by atoms with E-state index in [4.69, 9.17) is 27.4 Å². The van der Waals surface area contributed by atoms with Crippen LogP contribution in [0.3, 0.4) is 0 Å². The summed E-state index contributed by atoms with van der Waals surface area (Å²) in [5.74, 6) is 0. The number of aliphatic hydroxyl groups excluding tert-OH is 1. The highest BCUT2D eigenvalue weighted by Gasteiger charge is 2.18. The first-order valence-corrected chi connectivity index (χ1v) is 7.24. The topological polar surface area (TPSA) is 155 Å². The zero-order valence-electron chi connectivity index (χ0n) is 12.1. The van der Waals surface area contributed by atoms with E-state index in [2.05, 4.69) is 18.2 Å². The fourth-order valence-electron chi connectivity index (χ4n) is 0.495. The molecule has 0 aromatic heterocycles. The molecule has 6 N–H and O–H groups in total. The molecule has 124 valence electrons. The lowest BCUT2D eigenvalue weighted by Gasteiger charge is -1.87. The van der Waals surface area contributed by atoms with Crippen LogP contribution in [0.25, 0.3) is 0 Å². The summed E-state index contributed by atoms with van der Waals surface area (Å²) in [6.07, 6.45) is 2.56. The molecule has 2 aliphatic rings. The lowest BCUT2D eigenvalue weighted by molar-refractivity contribution is 0.299. The number of hydrogen-bond acceptors (Lipinski definition) is 6. The second kappa shape index (κ2) is 14.9. The third-order valence-corrected chi connectivity index (χ3v) is 1.60. The first kappa shape index (κ1) is 24.5. The molecule has 20 heavy (non-hydrogen) atoms. The molecule has 0 amide bonds. The summed E-state index contributed by atoms with van der Waals surface area (Å²) in [5.41, 5.74) is 1.04. The predicted molar refractivity (Wildman–Crippen MR) is 76.6 cm³/mol. The van der Waals surface area contributed by atoms with Crippen LogP contribution in [0.15, 0.2) is 12.2 Å². The minimum atomic E-state index is -4.67. The van der Waals surface area contributed by atoms with Crippen molar-refractivity contribution in [2.24, 2.45) is 0 Å². The van der Waals surface area contributed by atoms with Crippen LogP contribution in [0.1, 0.15) is 26.7 Å². The summed E-state index contributed by atoms with van der Waals surface area (Å²) in [6, 6.07) is 0. The van der Waals surface area contributed by atoms with Crippen LogP contribution >= 0.6 is 0 Å². The van der Waals surface area contributed by atoms with Crippen LogP contribution in [0.4, 0.5) is 0 Å². The van der Waals surface area contributed by atoms with Crippen molar-refractivity contribution in [1.82, 2.24) is 6.15 Å². The lowest BCUT2D eigenvalue weighted by atomic mass is 10.3. The van der Waals surface area contributed by atoms with Gasteiger partial charge in [0.25, 0.3) is 0 Å². The monoisotopic (exact) mass is 317 g/mol. The Bertz CT molecular complexity index is 302. The van der Waals surface area contributed by atoms with Crippen LogP contribution in [0, 0.1) is 0 Å². The fraction of sp³-hybridized carbons (Fsp3) is 0.818. The van der Waals surface area contributed by atoms with Gasteiger partial charge in [0.05, 0.1) is 25.9 Å². The molecule has 1 atom stereocenters. The average Bonchev–Trinajstić information content (AvgIpc) is 3.09. The maximum absolute atomic E-state index is 8.74. The number of ether oxygens (including phenoxy) is 2. The van der Waals surface area contributed by atoms with E-state index in [0.29, 0.717) is 6.10 Å². The molecule has 0 aromatic carbocycles. The van der Waals surface area contributed by atoms with Gasteiger partial charge in [-0.25, -0.2) is 0 Å². The van der Waals surface area contributed by atoms with E-state index in [0.717, 1.165) is 31.8 Å². The standard InChI is InChI=1S/C5H10O.C4H8O.C2H4O.H3N.H2O4S/c1-5(2)3-4-6;1-2-4-3-5-4;1-2-3-1;;1-5(2,3)4/h6H,1,3-4H2,2H3;4H,2-3H2,1H3;1-2H2;1H3;(H2,1,2,3,4). The van der Waals surface area contributed by atoms with Crippen LogP contribution in [0.5, 0.6) is 0 Å². The highest BCUT2D eigenvalue weighted by atomic mass is 32.3. The SMILES string of the molecule is C1CO1.C=C(C)CCO.CCC1CO1.N.O=S(=O)(O)O. The van der Waals surface area contributed by atoms with Gasteiger partial charge < -0.3 is 20.7 Å². The lowest BCUT2D eigenvalue weighted by Crippen LogP contribution is -1.89. The van der Waals surface area contributed by atoms with E-state index in [1.165, 1.54) is 6.42 Å². The summed E-state index contributed by atoms with van der Waals surface area (Å²) < 4.78 is 40.9. The number of rotatable bonds is 3. The first-order valence-electron chi connectivity index (χ1n) is 5.85. The van der Waals surface area contributed by atoms with Crippen LogP contribution < -0.4 is 6.15 Å². The molecule has 0 aromatic rings.